The molecule has 0 bridgehead atoms. The van der Waals surface area contributed by atoms with Gasteiger partial charge in [0, 0.05) is 6.54 Å². The molecule has 1 aliphatic rings. The number of methoxy groups -OCH3 is 1. The van der Waals surface area contributed by atoms with Gasteiger partial charge in [0.2, 0.25) is 0 Å². The van der Waals surface area contributed by atoms with Crippen molar-refractivity contribution in [3.05, 3.63) is 64.1 Å². The number of carbonyl (C=O) groups is 2. The molecule has 33 heavy (non-hydrogen) atoms. The van der Waals surface area contributed by atoms with Crippen LogP contribution in [0.25, 0.3) is 6.08 Å². The Morgan fingerprint density at radius 3 is 2.73 bits per heavy atom. The van der Waals surface area contributed by atoms with E-state index in [0.717, 1.165) is 17.5 Å². The minimum atomic E-state index is -0.333. The average molecular weight is 486 g/mol. The quantitative estimate of drug-likeness (QED) is 0.263. The third kappa shape index (κ3) is 6.82. The Balaban J connectivity index is 1.66. The minimum absolute atomic E-state index is 0.112. The molecule has 0 unspecified atom stereocenters. The largest absolute Gasteiger partial charge is 0.493 e. The van der Waals surface area contributed by atoms with Crippen molar-refractivity contribution in [1.29, 1.82) is 0 Å². The number of ether oxygens (including phenoxy) is 3. The number of esters is 1. The number of hydrogen-bond acceptors (Lipinski definition) is 7. The number of rotatable bonds is 10. The van der Waals surface area contributed by atoms with E-state index in [9.17, 15) is 9.59 Å². The number of carbonyl (C=O) groups excluding carboxylic acids is 2. The Morgan fingerprint density at radius 1 is 1.18 bits per heavy atom. The van der Waals surface area contributed by atoms with Gasteiger partial charge in [-0.2, -0.15) is 0 Å². The smallest absolute Gasteiger partial charge is 0.307 e. The molecule has 1 fully saturated rings. The lowest BCUT2D eigenvalue weighted by atomic mass is 10.1. The van der Waals surface area contributed by atoms with Gasteiger partial charge in [-0.1, -0.05) is 66.8 Å². The van der Waals surface area contributed by atoms with Crippen LogP contribution < -0.4 is 9.47 Å². The van der Waals surface area contributed by atoms with Crippen LogP contribution in [-0.2, 0) is 20.9 Å². The molecule has 174 valence electrons. The van der Waals surface area contributed by atoms with Crippen LogP contribution in [0.5, 0.6) is 11.5 Å². The highest BCUT2D eigenvalue weighted by Gasteiger charge is 2.32. The summed E-state index contributed by atoms with van der Waals surface area (Å²) in [7, 11) is 1.58. The number of aryl methyl sites for hydroxylation is 1. The normalized spacial score (nSPS) is 14.6. The van der Waals surface area contributed by atoms with E-state index < -0.39 is 0 Å². The molecule has 0 N–H and O–H groups in total. The molecule has 0 radical (unpaired) electrons. The summed E-state index contributed by atoms with van der Waals surface area (Å²) in [6.45, 7) is 4.98. The van der Waals surface area contributed by atoms with Gasteiger partial charge in [0.25, 0.3) is 5.91 Å². The number of nitrogens with zero attached hydrogens (tertiary/aromatic N) is 1. The van der Waals surface area contributed by atoms with E-state index in [1.165, 1.54) is 22.2 Å². The highest BCUT2D eigenvalue weighted by Crippen LogP contribution is 2.35. The zero-order valence-corrected chi connectivity index (χ0v) is 20.6. The van der Waals surface area contributed by atoms with Crippen molar-refractivity contribution in [1.82, 2.24) is 4.90 Å². The van der Waals surface area contributed by atoms with Gasteiger partial charge in [-0.15, -0.1) is 0 Å². The van der Waals surface area contributed by atoms with Crippen LogP contribution in [-0.4, -0.2) is 41.4 Å². The maximum Gasteiger partial charge on any atom is 0.307 e. The second-order valence-corrected chi connectivity index (χ2v) is 9.17. The van der Waals surface area contributed by atoms with Gasteiger partial charge in [-0.25, -0.2) is 0 Å². The van der Waals surface area contributed by atoms with Crippen molar-refractivity contribution in [2.45, 2.75) is 33.3 Å². The molecule has 2 aromatic carbocycles. The predicted octanol–water partition coefficient (Wildman–Crippen LogP) is 5.13. The molecule has 8 heteroatoms. The molecular formula is C25H27NO5S2. The zero-order valence-electron chi connectivity index (χ0n) is 19.0. The first-order valence-electron chi connectivity index (χ1n) is 10.7. The first-order valence-corrected chi connectivity index (χ1v) is 11.9. The summed E-state index contributed by atoms with van der Waals surface area (Å²) in [4.78, 5) is 26.5. The van der Waals surface area contributed by atoms with Gasteiger partial charge in [0.05, 0.1) is 25.0 Å². The third-order valence-corrected chi connectivity index (χ3v) is 6.22. The van der Waals surface area contributed by atoms with Crippen molar-refractivity contribution < 1.29 is 23.8 Å². The van der Waals surface area contributed by atoms with Crippen LogP contribution in [0.15, 0.2) is 47.4 Å². The van der Waals surface area contributed by atoms with E-state index in [1.54, 1.807) is 13.2 Å². The standard InChI is InChI=1S/C25H27NO5S2/c1-4-12-30-23(27)10-11-26-24(28)22(33-25(26)32)15-18-8-9-20(21(14-18)29-3)31-16-19-7-5-6-17(2)13-19/h5-9,13-15H,4,10-12,16H2,1-3H3/b22-15+. The first kappa shape index (κ1) is 24.8. The van der Waals surface area contributed by atoms with Gasteiger partial charge < -0.3 is 14.2 Å². The second kappa shape index (κ2) is 11.9. The van der Waals surface area contributed by atoms with Gasteiger partial charge in [0.15, 0.2) is 11.5 Å². The van der Waals surface area contributed by atoms with Crippen LogP contribution in [0, 0.1) is 6.92 Å². The molecule has 3 rings (SSSR count). The Morgan fingerprint density at radius 2 is 2.00 bits per heavy atom. The predicted molar refractivity (Wildman–Crippen MR) is 134 cm³/mol. The SMILES string of the molecule is CCCOC(=O)CCN1C(=O)/C(=C\c2ccc(OCc3cccc(C)c3)c(OC)c2)SC1=S. The fourth-order valence-electron chi connectivity index (χ4n) is 3.19. The highest BCUT2D eigenvalue weighted by molar-refractivity contribution is 8.26. The summed E-state index contributed by atoms with van der Waals surface area (Å²) < 4.78 is 16.9. The summed E-state index contributed by atoms with van der Waals surface area (Å²) >= 11 is 6.56. The van der Waals surface area contributed by atoms with Crippen molar-refractivity contribution >= 4 is 46.3 Å². The molecule has 0 atom stereocenters. The maximum absolute atomic E-state index is 12.8. The molecule has 0 saturated carbocycles. The number of thiocarbonyl (C=S) groups is 1. The molecule has 1 heterocycles. The van der Waals surface area contributed by atoms with E-state index >= 15 is 0 Å². The first-order chi connectivity index (χ1) is 15.9. The van der Waals surface area contributed by atoms with E-state index in [-0.39, 0.29) is 24.8 Å². The molecule has 1 aliphatic heterocycles. The van der Waals surface area contributed by atoms with E-state index in [2.05, 4.69) is 6.07 Å². The van der Waals surface area contributed by atoms with Crippen LogP contribution in [0.3, 0.4) is 0 Å². The van der Waals surface area contributed by atoms with Crippen molar-refractivity contribution in [2.24, 2.45) is 0 Å². The maximum atomic E-state index is 12.8. The second-order valence-electron chi connectivity index (χ2n) is 7.49. The number of benzene rings is 2. The highest BCUT2D eigenvalue weighted by atomic mass is 32.2. The number of amides is 1. The molecule has 6 nitrogen and oxygen atoms in total. The zero-order chi connectivity index (χ0) is 23.8. The monoisotopic (exact) mass is 485 g/mol. The molecule has 0 aliphatic carbocycles. The Kier molecular flexibility index (Phi) is 8.91. The van der Waals surface area contributed by atoms with Gasteiger partial charge in [-0.05, 0) is 42.7 Å². The third-order valence-electron chi connectivity index (χ3n) is 4.84. The van der Waals surface area contributed by atoms with E-state index in [4.69, 9.17) is 26.4 Å². The number of hydrogen-bond donors (Lipinski definition) is 0. The van der Waals surface area contributed by atoms with Crippen LogP contribution in [0.1, 0.15) is 36.5 Å². The van der Waals surface area contributed by atoms with Crippen LogP contribution >= 0.6 is 24.0 Å². The molecule has 1 amide bonds. The molecule has 1 saturated heterocycles. The molecule has 2 aromatic rings. The minimum Gasteiger partial charge on any atom is -0.493 e. The lowest BCUT2D eigenvalue weighted by molar-refractivity contribution is -0.143. The van der Waals surface area contributed by atoms with Gasteiger partial charge >= 0.3 is 5.97 Å². The lowest BCUT2D eigenvalue weighted by Gasteiger charge is -2.13. The van der Waals surface area contributed by atoms with Crippen molar-refractivity contribution in [3.8, 4) is 11.5 Å². The summed E-state index contributed by atoms with van der Waals surface area (Å²) in [6, 6.07) is 13.6. The van der Waals surface area contributed by atoms with Crippen LogP contribution in [0.2, 0.25) is 0 Å². The van der Waals surface area contributed by atoms with Gasteiger partial charge in [0.1, 0.15) is 10.9 Å². The Labute approximate surface area is 203 Å². The lowest BCUT2D eigenvalue weighted by Crippen LogP contribution is -2.30. The molecular weight excluding hydrogens is 458 g/mol. The summed E-state index contributed by atoms with van der Waals surface area (Å²) in [5, 5.41) is 0. The van der Waals surface area contributed by atoms with E-state index in [0.29, 0.717) is 33.9 Å². The average Bonchev–Trinajstić information content (AvgIpc) is 3.07. The molecule has 0 spiro atoms. The summed E-state index contributed by atoms with van der Waals surface area (Å²) in [5.41, 5.74) is 3.04. The number of thioether (sulfide) groups is 1. The van der Waals surface area contributed by atoms with Crippen LogP contribution in [0.4, 0.5) is 0 Å². The Hall–Kier alpha value is -2.84. The fourth-order valence-corrected chi connectivity index (χ4v) is 4.50. The molecule has 0 aromatic heterocycles. The topological polar surface area (TPSA) is 65.1 Å². The van der Waals surface area contributed by atoms with Crippen molar-refractivity contribution in [3.63, 3.8) is 0 Å². The summed E-state index contributed by atoms with van der Waals surface area (Å²) in [6.07, 6.45) is 2.64. The van der Waals surface area contributed by atoms with E-state index in [1.807, 2.05) is 50.2 Å². The van der Waals surface area contributed by atoms with Gasteiger partial charge in [-0.3, -0.25) is 14.5 Å². The Bertz CT molecular complexity index is 1070. The summed E-state index contributed by atoms with van der Waals surface area (Å²) in [5.74, 6) is 0.646. The fraction of sp³-hybridized carbons (Fsp3) is 0.320. The van der Waals surface area contributed by atoms with Crippen molar-refractivity contribution in [2.75, 3.05) is 20.3 Å².